The van der Waals surface area contributed by atoms with Gasteiger partial charge in [-0.1, -0.05) is 20.4 Å². The molecule has 0 bridgehead atoms. The summed E-state index contributed by atoms with van der Waals surface area (Å²) in [6, 6.07) is 13.0. The molecule has 2 fully saturated rings. The Balaban J connectivity index is 0.913. The van der Waals surface area contributed by atoms with Crippen molar-refractivity contribution in [2.45, 2.75) is 110 Å². The van der Waals surface area contributed by atoms with Gasteiger partial charge in [0.05, 0.1) is 29.4 Å². The second kappa shape index (κ2) is 18.3. The van der Waals surface area contributed by atoms with E-state index in [0.29, 0.717) is 65.9 Å². The molecule has 3 atom stereocenters. The van der Waals surface area contributed by atoms with Crippen LogP contribution in [0.4, 0.5) is 47.6 Å². The Kier molecular flexibility index (Phi) is 12.7. The number of nitrogens with one attached hydrogen (secondary N) is 2. The number of carbonyl (C=O) groups excluding carboxylic acids is 2. The van der Waals surface area contributed by atoms with E-state index in [2.05, 4.69) is 74.1 Å². The third kappa shape index (κ3) is 8.95. The van der Waals surface area contributed by atoms with Crippen LogP contribution >= 0.6 is 0 Å². The zero-order valence-corrected chi connectivity index (χ0v) is 40.9. The number of alkyl halides is 3. The van der Waals surface area contributed by atoms with Crippen molar-refractivity contribution < 1.29 is 27.9 Å². The Labute approximate surface area is 406 Å². The van der Waals surface area contributed by atoms with Gasteiger partial charge in [-0.3, -0.25) is 29.2 Å². The molecule has 2 amide bonds. The van der Waals surface area contributed by atoms with Crippen LogP contribution in [0.5, 0.6) is 0 Å². The standard InChI is InChI=1S/C52H62F3N11O4/c1-9-45(68)59-39-24-34(10-11-41(39)64-19-18-62(28-32(64)3)35-14-17-63(31(2)22-35)36-12-15-56-44(25-36)51(6,7)52(53,54)55)58-46-49(70)61(8)29-40(60-46)37-13-16-57-47(38(37)30-67)66-21-20-65-42(48(66)69)23-33-26-50(4,5)27-43(33)65/h9-13,15-16,23-25,29,31-32,35,67H,1,14,17-22,26-28,30H2,2-8H3,(H,58,60)(H,59,68)/t31-,32-,35?/m0/s1. The lowest BCUT2D eigenvalue weighted by Gasteiger charge is -2.48. The summed E-state index contributed by atoms with van der Waals surface area (Å²) in [6.07, 6.45) is 4.93. The molecule has 4 aliphatic rings. The molecule has 3 aliphatic heterocycles. The Morgan fingerprint density at radius 1 is 0.957 bits per heavy atom. The molecule has 0 spiro atoms. The number of aromatic nitrogens is 5. The number of benzene rings is 1. The molecular weight excluding hydrogens is 900 g/mol. The first-order valence-corrected chi connectivity index (χ1v) is 24.0. The van der Waals surface area contributed by atoms with Gasteiger partial charge in [-0.05, 0) is 113 Å². The van der Waals surface area contributed by atoms with E-state index in [1.165, 1.54) is 28.1 Å². The molecule has 0 radical (unpaired) electrons. The molecule has 1 aromatic carbocycles. The average molecular weight is 962 g/mol. The summed E-state index contributed by atoms with van der Waals surface area (Å²) in [4.78, 5) is 62.6. The molecule has 4 aromatic heterocycles. The Bertz CT molecular complexity index is 2930. The number of hydrogen-bond donors (Lipinski definition) is 3. The molecule has 15 nitrogen and oxygen atoms in total. The summed E-state index contributed by atoms with van der Waals surface area (Å²) in [5, 5.41) is 17.0. The normalized spacial score (nSPS) is 20.6. The summed E-state index contributed by atoms with van der Waals surface area (Å²) in [5.74, 6) is -0.232. The van der Waals surface area contributed by atoms with E-state index in [-0.39, 0.29) is 41.0 Å². The lowest BCUT2D eigenvalue weighted by atomic mass is 9.87. The number of halogens is 3. The molecule has 1 unspecified atom stereocenters. The first kappa shape index (κ1) is 48.5. The van der Waals surface area contributed by atoms with Crippen molar-refractivity contribution in [1.82, 2.24) is 29.0 Å². The van der Waals surface area contributed by atoms with Gasteiger partial charge in [0.25, 0.3) is 11.5 Å². The van der Waals surface area contributed by atoms with E-state index < -0.39 is 29.7 Å². The second-order valence-corrected chi connectivity index (χ2v) is 20.7. The molecule has 1 aliphatic carbocycles. The van der Waals surface area contributed by atoms with Crippen molar-refractivity contribution in [2.24, 2.45) is 12.5 Å². The first-order chi connectivity index (χ1) is 33.2. The minimum absolute atomic E-state index is 0.00305. The van der Waals surface area contributed by atoms with E-state index >= 15 is 0 Å². The predicted molar refractivity (Wildman–Crippen MR) is 266 cm³/mol. The van der Waals surface area contributed by atoms with Gasteiger partial charge >= 0.3 is 6.18 Å². The van der Waals surface area contributed by atoms with Crippen LogP contribution in [0.2, 0.25) is 0 Å². The van der Waals surface area contributed by atoms with E-state index in [1.807, 2.05) is 18.2 Å². The zero-order chi connectivity index (χ0) is 50.0. The van der Waals surface area contributed by atoms with Crippen LogP contribution in [0.3, 0.4) is 0 Å². The number of aliphatic hydroxyl groups is 1. The lowest BCUT2D eigenvalue weighted by molar-refractivity contribution is -0.181. The number of carbonyl (C=O) groups is 2. The highest BCUT2D eigenvalue weighted by atomic mass is 19.4. The lowest BCUT2D eigenvalue weighted by Crippen LogP contribution is -2.58. The fraction of sp³-hybridized carbons (Fsp3) is 0.462. The van der Waals surface area contributed by atoms with Crippen molar-refractivity contribution >= 4 is 46.2 Å². The number of anilines is 6. The van der Waals surface area contributed by atoms with E-state index in [0.717, 1.165) is 64.0 Å². The maximum atomic E-state index is 14.1. The van der Waals surface area contributed by atoms with Crippen molar-refractivity contribution in [1.29, 1.82) is 0 Å². The van der Waals surface area contributed by atoms with E-state index in [1.54, 1.807) is 48.6 Å². The summed E-state index contributed by atoms with van der Waals surface area (Å²) < 4.78 is 45.2. The maximum Gasteiger partial charge on any atom is 0.399 e. The number of pyridine rings is 2. The van der Waals surface area contributed by atoms with E-state index in [9.17, 15) is 32.7 Å². The highest BCUT2D eigenvalue weighted by Crippen LogP contribution is 2.43. The molecule has 70 heavy (non-hydrogen) atoms. The Morgan fingerprint density at radius 2 is 1.73 bits per heavy atom. The monoisotopic (exact) mass is 961 g/mol. The predicted octanol–water partition coefficient (Wildman–Crippen LogP) is 7.59. The number of amides is 2. The van der Waals surface area contributed by atoms with Gasteiger partial charge in [0.1, 0.15) is 16.9 Å². The van der Waals surface area contributed by atoms with Crippen molar-refractivity contribution in [3.63, 3.8) is 0 Å². The van der Waals surface area contributed by atoms with Crippen LogP contribution in [0.25, 0.3) is 11.3 Å². The van der Waals surface area contributed by atoms with Gasteiger partial charge in [0, 0.05) is 111 Å². The third-order valence-corrected chi connectivity index (χ3v) is 14.9. The van der Waals surface area contributed by atoms with Crippen LogP contribution in [-0.2, 0) is 43.3 Å². The fourth-order valence-electron chi connectivity index (χ4n) is 10.9. The molecule has 0 saturated carbocycles. The molecule has 370 valence electrons. The molecule has 5 aromatic rings. The Morgan fingerprint density at radius 3 is 2.44 bits per heavy atom. The molecular formula is C52H62F3N11O4. The second-order valence-electron chi connectivity index (χ2n) is 20.7. The van der Waals surface area contributed by atoms with Crippen molar-refractivity contribution in [3.8, 4) is 11.3 Å². The van der Waals surface area contributed by atoms with Crippen LogP contribution in [0, 0.1) is 5.41 Å². The molecule has 3 N–H and O–H groups in total. The maximum absolute atomic E-state index is 14.1. The third-order valence-electron chi connectivity index (χ3n) is 14.9. The zero-order valence-electron chi connectivity index (χ0n) is 40.9. The summed E-state index contributed by atoms with van der Waals surface area (Å²) in [5.41, 5.74) is 4.57. The SMILES string of the molecule is C=CC(=O)Nc1cc(Nc2nc(-c3ccnc(N4CCn5c(cc6c5CC(C)(C)C6)C4=O)c3CO)cn(C)c2=O)ccc1N1CCN(C2CCN(c3ccnc(C(C)(C)C(F)(F)F)c3)[C@@H](C)C2)C[C@@H]1C. The minimum Gasteiger partial charge on any atom is -0.392 e. The number of hydrogen-bond acceptors (Lipinski definition) is 11. The highest BCUT2D eigenvalue weighted by Gasteiger charge is 2.50. The average Bonchev–Trinajstić information content (AvgIpc) is 3.82. The largest absolute Gasteiger partial charge is 0.399 e. The number of aryl methyl sites for hydroxylation is 1. The fourth-order valence-corrected chi connectivity index (χ4v) is 10.9. The number of fused-ring (bicyclic) bond motifs is 3. The van der Waals surface area contributed by atoms with Gasteiger partial charge in [-0.15, -0.1) is 0 Å². The summed E-state index contributed by atoms with van der Waals surface area (Å²) in [6.45, 7) is 18.2. The molecule has 18 heteroatoms. The smallest absolute Gasteiger partial charge is 0.392 e. The Hall–Kier alpha value is -6.53. The summed E-state index contributed by atoms with van der Waals surface area (Å²) in [7, 11) is 1.62. The van der Waals surface area contributed by atoms with Gasteiger partial charge in [-0.2, -0.15) is 13.2 Å². The number of rotatable bonds is 11. The molecule has 2 saturated heterocycles. The van der Waals surface area contributed by atoms with Gasteiger partial charge in [0.2, 0.25) is 5.91 Å². The van der Waals surface area contributed by atoms with Crippen LogP contribution in [0.15, 0.2) is 78.5 Å². The number of piperidine rings is 1. The van der Waals surface area contributed by atoms with Gasteiger partial charge < -0.3 is 34.7 Å². The summed E-state index contributed by atoms with van der Waals surface area (Å²) >= 11 is 0. The molecule has 7 heterocycles. The van der Waals surface area contributed by atoms with Gasteiger partial charge in [-0.25, -0.2) is 9.97 Å². The van der Waals surface area contributed by atoms with Crippen molar-refractivity contribution in [3.05, 3.63) is 112 Å². The van der Waals surface area contributed by atoms with Crippen LogP contribution in [-0.4, -0.2) is 103 Å². The first-order valence-electron chi connectivity index (χ1n) is 24.0. The van der Waals surface area contributed by atoms with Gasteiger partial charge in [0.15, 0.2) is 5.82 Å². The van der Waals surface area contributed by atoms with Crippen molar-refractivity contribution in [2.75, 3.05) is 58.1 Å². The topological polar surface area (TPSA) is 157 Å². The molecule has 9 rings (SSSR count). The minimum atomic E-state index is -4.43. The highest BCUT2D eigenvalue weighted by molar-refractivity contribution is 6.06. The van der Waals surface area contributed by atoms with E-state index in [4.69, 9.17) is 4.98 Å². The van der Waals surface area contributed by atoms with Crippen LogP contribution in [0.1, 0.15) is 87.4 Å². The number of nitrogens with zero attached hydrogens (tertiary/aromatic N) is 9. The quantitative estimate of drug-likeness (QED) is 0.112. The number of piperazine rings is 1. The number of aliphatic hydroxyl groups excluding tert-OH is 1. The van der Waals surface area contributed by atoms with Crippen LogP contribution < -0.4 is 30.9 Å².